The Bertz CT molecular complexity index is 324. The largest absolute Gasteiger partial charge is 0.496 e. The number of methoxy groups -OCH3 is 1. The molecule has 0 saturated carbocycles. The van der Waals surface area contributed by atoms with Crippen LogP contribution in [0.4, 0.5) is 0 Å². The van der Waals surface area contributed by atoms with Crippen molar-refractivity contribution < 1.29 is 9.47 Å². The molecule has 0 radical (unpaired) electrons. The Hall–Kier alpha value is -0.830. The Kier molecular flexibility index (Phi) is 5.53. The first-order chi connectivity index (χ1) is 7.69. The molecule has 0 N–H and O–H groups in total. The average molecular weight is 240 g/mol. The Morgan fingerprint density at radius 2 is 2.06 bits per heavy atom. The molecule has 90 valence electrons. The molecule has 0 unspecified atom stereocenters. The maximum Gasteiger partial charge on any atom is 0.126 e. The van der Waals surface area contributed by atoms with Crippen LogP contribution in [0.15, 0.2) is 18.2 Å². The molecule has 1 rings (SSSR count). The quantitative estimate of drug-likeness (QED) is 0.708. The van der Waals surface area contributed by atoms with E-state index in [-0.39, 0.29) is 0 Å². The lowest BCUT2D eigenvalue weighted by Crippen LogP contribution is -2.01. The third kappa shape index (κ3) is 3.63. The second-order valence-corrected chi connectivity index (χ2v) is 4.89. The van der Waals surface area contributed by atoms with Gasteiger partial charge in [-0.3, -0.25) is 0 Å². The molecule has 0 spiro atoms. The molecule has 0 fully saturated rings. The van der Waals surface area contributed by atoms with Gasteiger partial charge in [-0.25, -0.2) is 0 Å². The predicted octanol–water partition coefficient (Wildman–Crippen LogP) is 3.56. The van der Waals surface area contributed by atoms with Gasteiger partial charge < -0.3 is 9.47 Å². The summed E-state index contributed by atoms with van der Waals surface area (Å²) in [5, 5.41) is 0. The van der Waals surface area contributed by atoms with Crippen molar-refractivity contribution in [1.29, 1.82) is 0 Å². The third-order valence-electron chi connectivity index (χ3n) is 2.38. The lowest BCUT2D eigenvalue weighted by molar-refractivity contribution is 0.339. The molecule has 0 amide bonds. The van der Waals surface area contributed by atoms with Gasteiger partial charge in [-0.2, -0.15) is 11.8 Å². The van der Waals surface area contributed by atoms with Crippen molar-refractivity contribution in [1.82, 2.24) is 0 Å². The molecule has 0 aliphatic heterocycles. The lowest BCUT2D eigenvalue weighted by atomic mass is 10.0. The highest BCUT2D eigenvalue weighted by atomic mass is 32.2. The first-order valence-electron chi connectivity index (χ1n) is 5.48. The van der Waals surface area contributed by atoms with Gasteiger partial charge >= 0.3 is 0 Å². The van der Waals surface area contributed by atoms with Crippen LogP contribution in [-0.4, -0.2) is 25.7 Å². The van der Waals surface area contributed by atoms with Crippen molar-refractivity contribution in [2.75, 3.05) is 25.7 Å². The van der Waals surface area contributed by atoms with Crippen molar-refractivity contribution >= 4 is 11.8 Å². The normalized spacial score (nSPS) is 10.6. The van der Waals surface area contributed by atoms with Gasteiger partial charge in [-0.05, 0) is 23.8 Å². The molecular formula is C13H20O2S. The Labute approximate surface area is 102 Å². The zero-order valence-electron chi connectivity index (χ0n) is 10.4. The Balaban J connectivity index is 2.74. The van der Waals surface area contributed by atoms with E-state index in [1.165, 1.54) is 5.56 Å². The summed E-state index contributed by atoms with van der Waals surface area (Å²) in [5.41, 5.74) is 1.22. The number of rotatable bonds is 6. The molecule has 1 aromatic carbocycles. The summed E-state index contributed by atoms with van der Waals surface area (Å²) in [7, 11) is 1.70. The smallest absolute Gasteiger partial charge is 0.126 e. The third-order valence-corrected chi connectivity index (χ3v) is 2.96. The fourth-order valence-electron chi connectivity index (χ4n) is 1.50. The molecular weight excluding hydrogens is 220 g/mol. The summed E-state index contributed by atoms with van der Waals surface area (Å²) >= 11 is 1.78. The summed E-state index contributed by atoms with van der Waals surface area (Å²) in [5.74, 6) is 3.27. The van der Waals surface area contributed by atoms with Crippen molar-refractivity contribution in [3.63, 3.8) is 0 Å². The summed E-state index contributed by atoms with van der Waals surface area (Å²) < 4.78 is 11.0. The number of hydrogen-bond donors (Lipinski definition) is 0. The van der Waals surface area contributed by atoms with E-state index in [1.807, 2.05) is 12.1 Å². The maximum atomic E-state index is 5.62. The molecule has 16 heavy (non-hydrogen) atoms. The van der Waals surface area contributed by atoms with E-state index in [9.17, 15) is 0 Å². The maximum absolute atomic E-state index is 5.62. The molecule has 0 saturated heterocycles. The van der Waals surface area contributed by atoms with Crippen molar-refractivity contribution in [3.05, 3.63) is 23.8 Å². The molecule has 0 bridgehead atoms. The van der Waals surface area contributed by atoms with Gasteiger partial charge in [-0.1, -0.05) is 19.9 Å². The van der Waals surface area contributed by atoms with Crippen LogP contribution < -0.4 is 9.47 Å². The van der Waals surface area contributed by atoms with Gasteiger partial charge in [0.2, 0.25) is 0 Å². The van der Waals surface area contributed by atoms with E-state index in [4.69, 9.17) is 9.47 Å². The second kappa shape index (κ2) is 6.69. The fraction of sp³-hybridized carbons (Fsp3) is 0.538. The summed E-state index contributed by atoms with van der Waals surface area (Å²) in [6, 6.07) is 6.06. The number of benzene rings is 1. The minimum absolute atomic E-state index is 0.468. The number of hydrogen-bond acceptors (Lipinski definition) is 3. The van der Waals surface area contributed by atoms with E-state index >= 15 is 0 Å². The van der Waals surface area contributed by atoms with Gasteiger partial charge in [0.1, 0.15) is 11.5 Å². The van der Waals surface area contributed by atoms with Crippen LogP contribution in [0.3, 0.4) is 0 Å². The van der Waals surface area contributed by atoms with E-state index < -0.39 is 0 Å². The molecule has 1 aromatic rings. The molecule has 0 aromatic heterocycles. The molecule has 2 nitrogen and oxygen atoms in total. The standard InChI is InChI=1S/C13H20O2S/c1-10(2)12-6-5-11(9-13(12)14-3)15-7-8-16-4/h5-6,9-10H,7-8H2,1-4H3. The van der Waals surface area contributed by atoms with Gasteiger partial charge in [0.15, 0.2) is 0 Å². The Morgan fingerprint density at radius 1 is 1.31 bits per heavy atom. The molecule has 0 aliphatic carbocycles. The second-order valence-electron chi connectivity index (χ2n) is 3.90. The van der Waals surface area contributed by atoms with Crippen LogP contribution in [0.25, 0.3) is 0 Å². The SMILES string of the molecule is COc1cc(OCCSC)ccc1C(C)C. The van der Waals surface area contributed by atoms with Crippen LogP contribution in [0, 0.1) is 0 Å². The number of thioether (sulfide) groups is 1. The molecule has 0 atom stereocenters. The summed E-state index contributed by atoms with van der Waals surface area (Å²) in [6.45, 7) is 5.06. The zero-order chi connectivity index (χ0) is 12.0. The molecule has 3 heteroatoms. The fourth-order valence-corrected chi connectivity index (χ4v) is 1.75. The Morgan fingerprint density at radius 3 is 2.62 bits per heavy atom. The zero-order valence-corrected chi connectivity index (χ0v) is 11.3. The average Bonchev–Trinajstić information content (AvgIpc) is 2.29. The predicted molar refractivity (Wildman–Crippen MR) is 71.0 cm³/mol. The van der Waals surface area contributed by atoms with E-state index in [2.05, 4.69) is 26.2 Å². The summed E-state index contributed by atoms with van der Waals surface area (Å²) in [6.07, 6.45) is 2.08. The molecule has 0 heterocycles. The van der Waals surface area contributed by atoms with Crippen molar-refractivity contribution in [2.45, 2.75) is 19.8 Å². The van der Waals surface area contributed by atoms with Gasteiger partial charge in [0, 0.05) is 11.8 Å². The minimum atomic E-state index is 0.468. The van der Waals surface area contributed by atoms with Gasteiger partial charge in [-0.15, -0.1) is 0 Å². The van der Waals surface area contributed by atoms with E-state index in [1.54, 1.807) is 18.9 Å². The van der Waals surface area contributed by atoms with Gasteiger partial charge in [0.25, 0.3) is 0 Å². The van der Waals surface area contributed by atoms with Crippen LogP contribution in [0.1, 0.15) is 25.3 Å². The minimum Gasteiger partial charge on any atom is -0.496 e. The van der Waals surface area contributed by atoms with Crippen LogP contribution in [-0.2, 0) is 0 Å². The van der Waals surface area contributed by atoms with Crippen LogP contribution >= 0.6 is 11.8 Å². The topological polar surface area (TPSA) is 18.5 Å². The highest BCUT2D eigenvalue weighted by Crippen LogP contribution is 2.30. The summed E-state index contributed by atoms with van der Waals surface area (Å²) in [4.78, 5) is 0. The van der Waals surface area contributed by atoms with Crippen molar-refractivity contribution in [2.24, 2.45) is 0 Å². The van der Waals surface area contributed by atoms with E-state index in [0.717, 1.165) is 23.9 Å². The van der Waals surface area contributed by atoms with Crippen molar-refractivity contribution in [3.8, 4) is 11.5 Å². The van der Waals surface area contributed by atoms with Crippen LogP contribution in [0.5, 0.6) is 11.5 Å². The first kappa shape index (κ1) is 13.2. The molecule has 0 aliphatic rings. The van der Waals surface area contributed by atoms with Crippen LogP contribution in [0.2, 0.25) is 0 Å². The highest BCUT2D eigenvalue weighted by Gasteiger charge is 2.08. The number of ether oxygens (including phenoxy) is 2. The first-order valence-corrected chi connectivity index (χ1v) is 6.88. The van der Waals surface area contributed by atoms with E-state index in [0.29, 0.717) is 5.92 Å². The van der Waals surface area contributed by atoms with Gasteiger partial charge in [0.05, 0.1) is 13.7 Å². The monoisotopic (exact) mass is 240 g/mol. The lowest BCUT2D eigenvalue weighted by Gasteiger charge is -2.13. The highest BCUT2D eigenvalue weighted by molar-refractivity contribution is 7.98.